The second-order valence-corrected chi connectivity index (χ2v) is 9.42. The summed E-state index contributed by atoms with van der Waals surface area (Å²) in [5, 5.41) is 3.00. The molecule has 0 atom stereocenters. The summed E-state index contributed by atoms with van der Waals surface area (Å²) in [7, 11) is -3.49. The number of sulfonamides is 1. The molecule has 0 aromatic heterocycles. The number of carbonyl (C=O) groups excluding carboxylic acids is 1. The van der Waals surface area contributed by atoms with Crippen LogP contribution in [0, 0.1) is 20.8 Å². The number of nitrogens with zero attached hydrogens (tertiary/aromatic N) is 1. The van der Waals surface area contributed by atoms with Crippen LogP contribution in [0.2, 0.25) is 0 Å². The zero-order chi connectivity index (χ0) is 21.0. The molecule has 1 N–H and O–H groups in total. The summed E-state index contributed by atoms with van der Waals surface area (Å²) in [5.74, 6) is -0.0509. The van der Waals surface area contributed by atoms with Crippen molar-refractivity contribution in [3.63, 3.8) is 0 Å². The highest BCUT2D eigenvalue weighted by Gasteiger charge is 2.26. The first-order valence-electron chi connectivity index (χ1n) is 9.82. The third-order valence-electron chi connectivity index (χ3n) is 5.11. The van der Waals surface area contributed by atoms with Gasteiger partial charge in [0.1, 0.15) is 0 Å². The molecule has 2 aromatic carbocycles. The Bertz CT molecular complexity index is 955. The smallest absolute Gasteiger partial charge is 0.243 e. The van der Waals surface area contributed by atoms with Crippen LogP contribution in [0.1, 0.15) is 28.7 Å². The third kappa shape index (κ3) is 5.23. The first-order chi connectivity index (χ1) is 13.8. The number of anilines is 1. The van der Waals surface area contributed by atoms with Gasteiger partial charge in [0.05, 0.1) is 18.1 Å². The summed E-state index contributed by atoms with van der Waals surface area (Å²) < 4.78 is 32.0. The Morgan fingerprint density at radius 1 is 1.03 bits per heavy atom. The number of ether oxygens (including phenoxy) is 1. The molecule has 0 aliphatic carbocycles. The van der Waals surface area contributed by atoms with Crippen molar-refractivity contribution in [1.29, 1.82) is 0 Å². The second kappa shape index (κ2) is 9.07. The SMILES string of the molecule is Cc1cc(C)c(NC(=O)CCc2ccc(S(=O)(=O)N3CCOCC3)cc2)c(C)c1. The molecule has 1 aliphatic rings. The van der Waals surface area contributed by atoms with E-state index < -0.39 is 10.0 Å². The first-order valence-corrected chi connectivity index (χ1v) is 11.3. The van der Waals surface area contributed by atoms with Gasteiger partial charge in [0, 0.05) is 25.2 Å². The molecule has 1 saturated heterocycles. The summed E-state index contributed by atoms with van der Waals surface area (Å²) in [6.07, 6.45) is 0.885. The van der Waals surface area contributed by atoms with Crippen molar-refractivity contribution in [3.8, 4) is 0 Å². The second-order valence-electron chi connectivity index (χ2n) is 7.48. The number of carbonyl (C=O) groups is 1. The van der Waals surface area contributed by atoms with E-state index in [1.165, 1.54) is 9.87 Å². The van der Waals surface area contributed by atoms with E-state index >= 15 is 0 Å². The van der Waals surface area contributed by atoms with E-state index in [4.69, 9.17) is 4.74 Å². The van der Waals surface area contributed by atoms with Crippen LogP contribution in [0.5, 0.6) is 0 Å². The molecule has 6 nitrogen and oxygen atoms in total. The van der Waals surface area contributed by atoms with Gasteiger partial charge in [0.25, 0.3) is 0 Å². The molecule has 1 heterocycles. The largest absolute Gasteiger partial charge is 0.379 e. The molecule has 3 rings (SSSR count). The Balaban J connectivity index is 1.60. The van der Waals surface area contributed by atoms with E-state index in [0.717, 1.165) is 22.4 Å². The van der Waals surface area contributed by atoms with Crippen molar-refractivity contribution in [2.24, 2.45) is 0 Å². The lowest BCUT2D eigenvalue weighted by Crippen LogP contribution is -2.40. The number of benzene rings is 2. The van der Waals surface area contributed by atoms with Crippen LogP contribution in [0.15, 0.2) is 41.3 Å². The Kier molecular flexibility index (Phi) is 6.72. The molecule has 0 unspecified atom stereocenters. The van der Waals surface area contributed by atoms with Gasteiger partial charge in [-0.1, -0.05) is 29.8 Å². The van der Waals surface area contributed by atoms with Crippen LogP contribution in [0.3, 0.4) is 0 Å². The standard InChI is InChI=1S/C22H28N2O4S/c1-16-14-17(2)22(18(3)15-16)23-21(25)9-6-19-4-7-20(8-5-19)29(26,27)24-10-12-28-13-11-24/h4-5,7-8,14-15H,6,9-13H2,1-3H3,(H,23,25). The van der Waals surface area contributed by atoms with Crippen molar-refractivity contribution >= 4 is 21.6 Å². The minimum Gasteiger partial charge on any atom is -0.379 e. The Morgan fingerprint density at radius 2 is 1.62 bits per heavy atom. The van der Waals surface area contributed by atoms with Crippen LogP contribution >= 0.6 is 0 Å². The number of rotatable bonds is 6. The fourth-order valence-electron chi connectivity index (χ4n) is 3.60. The Labute approximate surface area is 172 Å². The first kappa shape index (κ1) is 21.5. The maximum atomic E-state index is 12.7. The molecule has 29 heavy (non-hydrogen) atoms. The summed E-state index contributed by atoms with van der Waals surface area (Å²) in [4.78, 5) is 12.7. The van der Waals surface area contributed by atoms with Gasteiger partial charge in [0.15, 0.2) is 0 Å². The van der Waals surface area contributed by atoms with E-state index in [9.17, 15) is 13.2 Å². The lowest BCUT2D eigenvalue weighted by Gasteiger charge is -2.26. The summed E-state index contributed by atoms with van der Waals surface area (Å²) in [6, 6.07) is 10.9. The topological polar surface area (TPSA) is 75.7 Å². The maximum absolute atomic E-state index is 12.7. The number of amides is 1. The van der Waals surface area contributed by atoms with E-state index in [-0.39, 0.29) is 10.8 Å². The molecule has 0 radical (unpaired) electrons. The molecule has 0 spiro atoms. The van der Waals surface area contributed by atoms with Crippen LogP contribution in [-0.4, -0.2) is 44.9 Å². The number of hydrogen-bond donors (Lipinski definition) is 1. The molecular formula is C22H28N2O4S. The van der Waals surface area contributed by atoms with E-state index in [2.05, 4.69) is 17.4 Å². The number of morpholine rings is 1. The van der Waals surface area contributed by atoms with Gasteiger partial charge in [0.2, 0.25) is 15.9 Å². The predicted molar refractivity (Wildman–Crippen MR) is 114 cm³/mol. The molecule has 0 saturated carbocycles. The number of hydrogen-bond acceptors (Lipinski definition) is 4. The van der Waals surface area contributed by atoms with Crippen molar-refractivity contribution < 1.29 is 17.9 Å². The quantitative estimate of drug-likeness (QED) is 0.785. The van der Waals surface area contributed by atoms with Crippen molar-refractivity contribution in [2.75, 3.05) is 31.6 Å². The summed E-state index contributed by atoms with van der Waals surface area (Å²) in [5.41, 5.74) is 5.07. The van der Waals surface area contributed by atoms with E-state index in [1.807, 2.05) is 20.8 Å². The van der Waals surface area contributed by atoms with E-state index in [0.29, 0.717) is 39.1 Å². The summed E-state index contributed by atoms with van der Waals surface area (Å²) in [6.45, 7) is 7.61. The van der Waals surface area contributed by atoms with Crippen LogP contribution in [0.4, 0.5) is 5.69 Å². The highest BCUT2D eigenvalue weighted by atomic mass is 32.2. The average molecular weight is 417 g/mol. The Morgan fingerprint density at radius 3 is 2.21 bits per heavy atom. The average Bonchev–Trinajstić information content (AvgIpc) is 2.70. The molecule has 1 fully saturated rings. The monoisotopic (exact) mass is 416 g/mol. The maximum Gasteiger partial charge on any atom is 0.243 e. The van der Waals surface area contributed by atoms with E-state index in [1.54, 1.807) is 24.3 Å². The number of nitrogens with one attached hydrogen (secondary N) is 1. The highest BCUT2D eigenvalue weighted by molar-refractivity contribution is 7.89. The fraction of sp³-hybridized carbons (Fsp3) is 0.409. The molecule has 1 amide bonds. The lowest BCUT2D eigenvalue weighted by atomic mass is 10.0. The fourth-order valence-corrected chi connectivity index (χ4v) is 5.01. The molecule has 2 aromatic rings. The van der Waals surface area contributed by atoms with Gasteiger partial charge in [-0.3, -0.25) is 4.79 Å². The number of aryl methyl sites for hydroxylation is 4. The minimum atomic E-state index is -3.49. The summed E-state index contributed by atoms with van der Waals surface area (Å²) >= 11 is 0. The minimum absolute atomic E-state index is 0.0509. The molecule has 156 valence electrons. The third-order valence-corrected chi connectivity index (χ3v) is 7.03. The van der Waals surface area contributed by atoms with Crippen LogP contribution in [0.25, 0.3) is 0 Å². The normalized spacial score (nSPS) is 15.3. The molecule has 7 heteroatoms. The van der Waals surface area contributed by atoms with Gasteiger partial charge in [-0.15, -0.1) is 0 Å². The zero-order valence-electron chi connectivity index (χ0n) is 17.2. The van der Waals surface area contributed by atoms with Crippen LogP contribution in [-0.2, 0) is 26.0 Å². The van der Waals surface area contributed by atoms with Gasteiger partial charge in [-0.2, -0.15) is 4.31 Å². The lowest BCUT2D eigenvalue weighted by molar-refractivity contribution is -0.116. The highest BCUT2D eigenvalue weighted by Crippen LogP contribution is 2.22. The van der Waals surface area contributed by atoms with Gasteiger partial charge >= 0.3 is 0 Å². The molecular weight excluding hydrogens is 388 g/mol. The zero-order valence-corrected chi connectivity index (χ0v) is 18.0. The molecule has 0 bridgehead atoms. The predicted octanol–water partition coefficient (Wildman–Crippen LogP) is 3.20. The van der Waals surface area contributed by atoms with Crippen molar-refractivity contribution in [3.05, 3.63) is 58.7 Å². The molecule has 1 aliphatic heterocycles. The van der Waals surface area contributed by atoms with Gasteiger partial charge in [-0.25, -0.2) is 8.42 Å². The van der Waals surface area contributed by atoms with Crippen LogP contribution < -0.4 is 5.32 Å². The van der Waals surface area contributed by atoms with Gasteiger partial charge < -0.3 is 10.1 Å². The Hall–Kier alpha value is -2.22. The van der Waals surface area contributed by atoms with Crippen molar-refractivity contribution in [1.82, 2.24) is 4.31 Å². The van der Waals surface area contributed by atoms with Crippen molar-refractivity contribution in [2.45, 2.75) is 38.5 Å². The van der Waals surface area contributed by atoms with Gasteiger partial charge in [-0.05, 0) is 56.0 Å².